The second-order valence-corrected chi connectivity index (χ2v) is 7.03. The zero-order chi connectivity index (χ0) is 19.2. The maximum atomic E-state index is 12.0. The minimum Gasteiger partial charge on any atom is -0.494 e. The number of amides is 1. The molecule has 1 amide bonds. The van der Waals surface area contributed by atoms with Crippen LogP contribution >= 0.6 is 0 Å². The predicted octanol–water partition coefficient (Wildman–Crippen LogP) is 5.33. The fourth-order valence-electron chi connectivity index (χ4n) is 3.05. The molecule has 0 radical (unpaired) electrons. The number of hydrogen-bond acceptors (Lipinski definition) is 2. The van der Waals surface area contributed by atoms with Gasteiger partial charge in [-0.05, 0) is 36.1 Å². The number of carbonyl (C=O) groups excluding carboxylic acids is 1. The summed E-state index contributed by atoms with van der Waals surface area (Å²) in [6.45, 7) is 3.67. The first-order valence-corrected chi connectivity index (χ1v) is 10.3. The van der Waals surface area contributed by atoms with E-state index < -0.39 is 0 Å². The van der Waals surface area contributed by atoms with Gasteiger partial charge in [0.1, 0.15) is 5.75 Å². The number of nitrogens with one attached hydrogen (secondary N) is 1. The first kappa shape index (κ1) is 21.0. The van der Waals surface area contributed by atoms with Crippen molar-refractivity contribution in [2.24, 2.45) is 0 Å². The van der Waals surface area contributed by atoms with Crippen LogP contribution in [0, 0.1) is 0 Å². The first-order valence-electron chi connectivity index (χ1n) is 10.3. The van der Waals surface area contributed by atoms with Crippen molar-refractivity contribution in [3.05, 3.63) is 65.7 Å². The average molecular weight is 368 g/mol. The summed E-state index contributed by atoms with van der Waals surface area (Å²) in [4.78, 5) is 12.0. The Bertz CT molecular complexity index is 654. The lowest BCUT2D eigenvalue weighted by Crippen LogP contribution is -2.27. The maximum absolute atomic E-state index is 12.0. The second-order valence-electron chi connectivity index (χ2n) is 7.03. The van der Waals surface area contributed by atoms with Crippen molar-refractivity contribution in [2.75, 3.05) is 13.2 Å². The van der Waals surface area contributed by atoms with Crippen LogP contribution in [0.4, 0.5) is 0 Å². The number of ether oxygens (including phenoxy) is 1. The van der Waals surface area contributed by atoms with E-state index in [2.05, 4.69) is 24.4 Å². The molecule has 0 saturated heterocycles. The monoisotopic (exact) mass is 367 g/mol. The molecule has 0 bridgehead atoms. The van der Waals surface area contributed by atoms with E-state index in [1.807, 2.05) is 42.5 Å². The molecule has 2 aromatic carbocycles. The summed E-state index contributed by atoms with van der Waals surface area (Å²) < 4.78 is 5.87. The lowest BCUT2D eigenvalue weighted by molar-refractivity contribution is -0.120. The molecule has 27 heavy (non-hydrogen) atoms. The van der Waals surface area contributed by atoms with E-state index in [1.54, 1.807) is 0 Å². The Kier molecular flexibility index (Phi) is 10.1. The summed E-state index contributed by atoms with van der Waals surface area (Å²) in [5.41, 5.74) is 2.23. The molecule has 0 aromatic heterocycles. The molecule has 0 aliphatic rings. The normalized spacial score (nSPS) is 10.6. The summed E-state index contributed by atoms with van der Waals surface area (Å²) in [5, 5.41) is 3.00. The van der Waals surface area contributed by atoms with E-state index in [1.165, 1.54) is 37.7 Å². The molecule has 0 unspecified atom stereocenters. The Balaban J connectivity index is 1.62. The van der Waals surface area contributed by atoms with Gasteiger partial charge < -0.3 is 10.1 Å². The molecule has 0 spiro atoms. The van der Waals surface area contributed by atoms with Gasteiger partial charge in [-0.2, -0.15) is 0 Å². The fraction of sp³-hybridized carbons (Fsp3) is 0.458. The maximum Gasteiger partial charge on any atom is 0.224 e. The van der Waals surface area contributed by atoms with Crippen LogP contribution in [0.25, 0.3) is 0 Å². The van der Waals surface area contributed by atoms with Gasteiger partial charge in [0.25, 0.3) is 0 Å². The molecule has 3 heteroatoms. The SMILES string of the molecule is CCCCCCCCOc1cccc(CCNC(=O)Cc2ccccc2)c1. The lowest BCUT2D eigenvalue weighted by Gasteiger charge is -2.09. The highest BCUT2D eigenvalue weighted by atomic mass is 16.5. The molecule has 146 valence electrons. The quantitative estimate of drug-likeness (QED) is 0.486. The topological polar surface area (TPSA) is 38.3 Å². The third-order valence-electron chi connectivity index (χ3n) is 4.61. The standard InChI is InChI=1S/C24H33NO2/c1-2-3-4-5-6-10-18-27-23-15-11-14-22(19-23)16-17-25-24(26)20-21-12-8-7-9-13-21/h7-9,11-15,19H,2-6,10,16-18,20H2,1H3,(H,25,26). The molecule has 0 aliphatic heterocycles. The molecule has 1 N–H and O–H groups in total. The van der Waals surface area contributed by atoms with Crippen LogP contribution in [0.5, 0.6) is 5.75 Å². The molecule has 0 aliphatic carbocycles. The number of carbonyl (C=O) groups is 1. The summed E-state index contributed by atoms with van der Waals surface area (Å²) in [6.07, 6.45) is 8.87. The van der Waals surface area contributed by atoms with E-state index in [9.17, 15) is 4.79 Å². The van der Waals surface area contributed by atoms with Crippen molar-refractivity contribution >= 4 is 5.91 Å². The Labute approximate surface area is 164 Å². The number of benzene rings is 2. The molecular weight excluding hydrogens is 334 g/mol. The van der Waals surface area contributed by atoms with Crippen molar-refractivity contribution in [3.8, 4) is 5.75 Å². The molecule has 2 rings (SSSR count). The van der Waals surface area contributed by atoms with Gasteiger partial charge in [0.2, 0.25) is 5.91 Å². The van der Waals surface area contributed by atoms with Crippen molar-refractivity contribution < 1.29 is 9.53 Å². The summed E-state index contributed by atoms with van der Waals surface area (Å²) in [6, 6.07) is 18.0. The zero-order valence-corrected chi connectivity index (χ0v) is 16.6. The molecule has 0 atom stereocenters. The van der Waals surface area contributed by atoms with Crippen LogP contribution in [0.1, 0.15) is 56.6 Å². The minimum atomic E-state index is 0.0664. The van der Waals surface area contributed by atoms with Gasteiger partial charge in [-0.1, -0.05) is 81.5 Å². The largest absolute Gasteiger partial charge is 0.494 e. The molecular formula is C24H33NO2. The Hall–Kier alpha value is -2.29. The molecule has 0 fully saturated rings. The second kappa shape index (κ2) is 13.0. The summed E-state index contributed by atoms with van der Waals surface area (Å²) >= 11 is 0. The minimum absolute atomic E-state index is 0.0664. The Morgan fingerprint density at radius 1 is 0.889 bits per heavy atom. The first-order chi connectivity index (χ1) is 13.3. The molecule has 0 heterocycles. The number of hydrogen-bond donors (Lipinski definition) is 1. The van der Waals surface area contributed by atoms with Crippen LogP contribution in [0.3, 0.4) is 0 Å². The van der Waals surface area contributed by atoms with Gasteiger partial charge in [-0.3, -0.25) is 4.79 Å². The molecule has 3 nitrogen and oxygen atoms in total. The number of unbranched alkanes of at least 4 members (excludes halogenated alkanes) is 5. The van der Waals surface area contributed by atoms with Gasteiger partial charge in [0.15, 0.2) is 0 Å². The fourth-order valence-corrected chi connectivity index (χ4v) is 3.05. The Morgan fingerprint density at radius 3 is 2.44 bits per heavy atom. The van der Waals surface area contributed by atoms with Gasteiger partial charge in [-0.15, -0.1) is 0 Å². The van der Waals surface area contributed by atoms with E-state index in [0.29, 0.717) is 13.0 Å². The van der Waals surface area contributed by atoms with Crippen LogP contribution in [-0.2, 0) is 17.6 Å². The zero-order valence-electron chi connectivity index (χ0n) is 16.6. The number of rotatable bonds is 13. The highest BCUT2D eigenvalue weighted by molar-refractivity contribution is 5.78. The van der Waals surface area contributed by atoms with E-state index in [4.69, 9.17) is 4.74 Å². The van der Waals surface area contributed by atoms with E-state index >= 15 is 0 Å². The van der Waals surface area contributed by atoms with Crippen LogP contribution in [-0.4, -0.2) is 19.1 Å². The van der Waals surface area contributed by atoms with Gasteiger partial charge in [0.05, 0.1) is 13.0 Å². The van der Waals surface area contributed by atoms with Crippen molar-refractivity contribution in [1.82, 2.24) is 5.32 Å². The average Bonchev–Trinajstić information content (AvgIpc) is 2.68. The van der Waals surface area contributed by atoms with Gasteiger partial charge in [-0.25, -0.2) is 0 Å². The van der Waals surface area contributed by atoms with Crippen molar-refractivity contribution in [1.29, 1.82) is 0 Å². The summed E-state index contributed by atoms with van der Waals surface area (Å²) in [5.74, 6) is 0.994. The highest BCUT2D eigenvalue weighted by Gasteiger charge is 2.03. The third kappa shape index (κ3) is 9.28. The van der Waals surface area contributed by atoms with Gasteiger partial charge in [0, 0.05) is 6.54 Å². The smallest absolute Gasteiger partial charge is 0.224 e. The third-order valence-corrected chi connectivity index (χ3v) is 4.61. The molecule has 0 saturated carbocycles. The highest BCUT2D eigenvalue weighted by Crippen LogP contribution is 2.14. The van der Waals surface area contributed by atoms with Crippen LogP contribution < -0.4 is 10.1 Å². The van der Waals surface area contributed by atoms with Gasteiger partial charge >= 0.3 is 0 Å². The van der Waals surface area contributed by atoms with E-state index in [0.717, 1.165) is 30.8 Å². The lowest BCUT2D eigenvalue weighted by atomic mass is 10.1. The van der Waals surface area contributed by atoms with Crippen molar-refractivity contribution in [3.63, 3.8) is 0 Å². The van der Waals surface area contributed by atoms with Crippen LogP contribution in [0.15, 0.2) is 54.6 Å². The summed E-state index contributed by atoms with van der Waals surface area (Å²) in [7, 11) is 0. The van der Waals surface area contributed by atoms with Crippen molar-refractivity contribution in [2.45, 2.75) is 58.3 Å². The Morgan fingerprint density at radius 2 is 1.63 bits per heavy atom. The van der Waals surface area contributed by atoms with E-state index in [-0.39, 0.29) is 5.91 Å². The van der Waals surface area contributed by atoms with Crippen LogP contribution in [0.2, 0.25) is 0 Å². The molecule has 2 aromatic rings. The predicted molar refractivity (Wildman–Crippen MR) is 112 cm³/mol.